The van der Waals surface area contributed by atoms with Gasteiger partial charge in [-0.05, 0) is 31.7 Å². The van der Waals surface area contributed by atoms with E-state index in [0.717, 1.165) is 44.1 Å². The summed E-state index contributed by atoms with van der Waals surface area (Å²) in [5.74, 6) is 3.13. The third-order valence-electron chi connectivity index (χ3n) is 4.93. The molecular formula is C20H30N6. The summed E-state index contributed by atoms with van der Waals surface area (Å²) in [7, 11) is 1.81. The van der Waals surface area contributed by atoms with E-state index >= 15 is 0 Å². The zero-order valence-electron chi connectivity index (χ0n) is 15.9. The smallest absolute Gasteiger partial charge is 0.191 e. The number of aromatic nitrogens is 3. The predicted molar refractivity (Wildman–Crippen MR) is 105 cm³/mol. The van der Waals surface area contributed by atoms with Crippen LogP contribution in [0, 0.1) is 0 Å². The SMILES string of the molecule is CN=C(NCCCc1nnc2n1CCCCC2)NC(C)c1ccccc1. The van der Waals surface area contributed by atoms with Crippen LogP contribution in [0.15, 0.2) is 35.3 Å². The highest BCUT2D eigenvalue weighted by atomic mass is 15.3. The van der Waals surface area contributed by atoms with Crippen LogP contribution in [0.25, 0.3) is 0 Å². The molecule has 1 aromatic carbocycles. The number of rotatable bonds is 6. The van der Waals surface area contributed by atoms with Gasteiger partial charge < -0.3 is 15.2 Å². The van der Waals surface area contributed by atoms with E-state index in [1.165, 1.54) is 30.7 Å². The highest BCUT2D eigenvalue weighted by Gasteiger charge is 2.14. The first-order chi connectivity index (χ1) is 12.8. The molecule has 1 aliphatic heterocycles. The van der Waals surface area contributed by atoms with Gasteiger partial charge >= 0.3 is 0 Å². The molecule has 6 heteroatoms. The Hall–Kier alpha value is -2.37. The van der Waals surface area contributed by atoms with Gasteiger partial charge in [-0.25, -0.2) is 0 Å². The average molecular weight is 355 g/mol. The molecule has 0 spiro atoms. The number of nitrogens with zero attached hydrogens (tertiary/aromatic N) is 4. The normalized spacial score (nSPS) is 15.8. The molecule has 1 atom stereocenters. The molecule has 140 valence electrons. The van der Waals surface area contributed by atoms with Crippen LogP contribution >= 0.6 is 0 Å². The molecule has 0 saturated carbocycles. The maximum atomic E-state index is 4.40. The summed E-state index contributed by atoms with van der Waals surface area (Å²) in [6, 6.07) is 10.6. The van der Waals surface area contributed by atoms with Gasteiger partial charge in [0.2, 0.25) is 0 Å². The van der Waals surface area contributed by atoms with Gasteiger partial charge in [0.05, 0.1) is 6.04 Å². The lowest BCUT2D eigenvalue weighted by molar-refractivity contribution is 0.592. The molecule has 0 fully saturated rings. The minimum absolute atomic E-state index is 0.217. The van der Waals surface area contributed by atoms with Gasteiger partial charge in [-0.2, -0.15) is 0 Å². The minimum atomic E-state index is 0.217. The first-order valence-corrected chi connectivity index (χ1v) is 9.71. The van der Waals surface area contributed by atoms with E-state index in [2.05, 4.69) is 61.6 Å². The second-order valence-electron chi connectivity index (χ2n) is 6.87. The molecule has 26 heavy (non-hydrogen) atoms. The quantitative estimate of drug-likeness (QED) is 0.475. The van der Waals surface area contributed by atoms with Crippen molar-refractivity contribution < 1.29 is 0 Å². The van der Waals surface area contributed by atoms with Crippen LogP contribution in [0.1, 0.15) is 55.9 Å². The second kappa shape index (κ2) is 9.36. The van der Waals surface area contributed by atoms with Gasteiger partial charge in [-0.3, -0.25) is 4.99 Å². The summed E-state index contributed by atoms with van der Waals surface area (Å²) in [6.45, 7) is 4.08. The first-order valence-electron chi connectivity index (χ1n) is 9.71. The Morgan fingerprint density at radius 2 is 2.04 bits per heavy atom. The van der Waals surface area contributed by atoms with E-state index in [0.29, 0.717) is 0 Å². The molecule has 0 amide bonds. The van der Waals surface area contributed by atoms with Crippen LogP contribution in [0.5, 0.6) is 0 Å². The summed E-state index contributed by atoms with van der Waals surface area (Å²) in [4.78, 5) is 4.33. The number of hydrogen-bond acceptors (Lipinski definition) is 3. The lowest BCUT2D eigenvalue weighted by Gasteiger charge is -2.18. The number of benzene rings is 1. The Kier molecular flexibility index (Phi) is 6.63. The summed E-state index contributed by atoms with van der Waals surface area (Å²) >= 11 is 0. The fourth-order valence-electron chi connectivity index (χ4n) is 3.41. The number of aliphatic imine (C=N–C) groups is 1. The summed E-state index contributed by atoms with van der Waals surface area (Å²) in [6.07, 6.45) is 6.81. The molecular weight excluding hydrogens is 324 g/mol. The Bertz CT molecular complexity index is 706. The second-order valence-corrected chi connectivity index (χ2v) is 6.87. The number of aryl methyl sites for hydroxylation is 2. The average Bonchev–Trinajstić information content (AvgIpc) is 2.90. The zero-order chi connectivity index (χ0) is 18.2. The van der Waals surface area contributed by atoms with E-state index in [1.54, 1.807) is 0 Å². The van der Waals surface area contributed by atoms with Crippen LogP contribution in [0.4, 0.5) is 0 Å². The summed E-state index contributed by atoms with van der Waals surface area (Å²) in [5, 5.41) is 15.6. The fraction of sp³-hybridized carbons (Fsp3) is 0.550. The zero-order valence-corrected chi connectivity index (χ0v) is 15.9. The Morgan fingerprint density at radius 1 is 1.19 bits per heavy atom. The molecule has 0 bridgehead atoms. The third-order valence-corrected chi connectivity index (χ3v) is 4.93. The van der Waals surface area contributed by atoms with E-state index < -0.39 is 0 Å². The lowest BCUT2D eigenvalue weighted by Crippen LogP contribution is -2.39. The Balaban J connectivity index is 1.44. The van der Waals surface area contributed by atoms with Crippen molar-refractivity contribution in [3.05, 3.63) is 47.5 Å². The lowest BCUT2D eigenvalue weighted by atomic mass is 10.1. The van der Waals surface area contributed by atoms with E-state index in [-0.39, 0.29) is 6.04 Å². The molecule has 1 aliphatic rings. The highest BCUT2D eigenvalue weighted by molar-refractivity contribution is 5.80. The number of fused-ring (bicyclic) bond motifs is 1. The van der Waals surface area contributed by atoms with Crippen molar-refractivity contribution in [3.8, 4) is 0 Å². The van der Waals surface area contributed by atoms with Crippen molar-refractivity contribution in [2.45, 2.75) is 58.0 Å². The van der Waals surface area contributed by atoms with Crippen LogP contribution in [-0.2, 0) is 19.4 Å². The topological polar surface area (TPSA) is 67.1 Å². The maximum absolute atomic E-state index is 4.40. The van der Waals surface area contributed by atoms with Gasteiger partial charge in [0, 0.05) is 33.0 Å². The number of guanidine groups is 1. The highest BCUT2D eigenvalue weighted by Crippen LogP contribution is 2.15. The molecule has 0 saturated heterocycles. The molecule has 2 heterocycles. The molecule has 2 N–H and O–H groups in total. The first kappa shape index (κ1) is 18.4. The van der Waals surface area contributed by atoms with Crippen molar-refractivity contribution in [1.29, 1.82) is 0 Å². The fourth-order valence-corrected chi connectivity index (χ4v) is 3.41. The van der Waals surface area contributed by atoms with Gasteiger partial charge in [-0.1, -0.05) is 36.8 Å². The third kappa shape index (κ3) is 4.84. The van der Waals surface area contributed by atoms with Gasteiger partial charge in [0.15, 0.2) is 5.96 Å². The van der Waals surface area contributed by atoms with E-state index in [1.807, 2.05) is 13.1 Å². The molecule has 2 aromatic rings. The molecule has 1 aromatic heterocycles. The van der Waals surface area contributed by atoms with Crippen LogP contribution in [0.3, 0.4) is 0 Å². The summed E-state index contributed by atoms with van der Waals surface area (Å²) < 4.78 is 2.33. The van der Waals surface area contributed by atoms with Gasteiger partial charge in [0.25, 0.3) is 0 Å². The van der Waals surface area contributed by atoms with Crippen molar-refractivity contribution in [1.82, 2.24) is 25.4 Å². The predicted octanol–water partition coefficient (Wildman–Crippen LogP) is 2.86. The maximum Gasteiger partial charge on any atom is 0.191 e. The molecule has 1 unspecified atom stereocenters. The van der Waals surface area contributed by atoms with E-state index in [9.17, 15) is 0 Å². The summed E-state index contributed by atoms with van der Waals surface area (Å²) in [5.41, 5.74) is 1.25. The van der Waals surface area contributed by atoms with Crippen molar-refractivity contribution in [2.24, 2.45) is 4.99 Å². The Morgan fingerprint density at radius 3 is 2.85 bits per heavy atom. The minimum Gasteiger partial charge on any atom is -0.356 e. The van der Waals surface area contributed by atoms with Crippen LogP contribution in [0.2, 0.25) is 0 Å². The van der Waals surface area contributed by atoms with E-state index in [4.69, 9.17) is 0 Å². The van der Waals surface area contributed by atoms with Gasteiger partial charge in [-0.15, -0.1) is 10.2 Å². The standard InChI is InChI=1S/C20H30N6/c1-16(17-10-5-3-6-11-17)23-20(21-2)22-14-9-13-19-25-24-18-12-7-4-8-15-26(18)19/h3,5-6,10-11,16H,4,7-9,12-15H2,1-2H3,(H2,21,22,23). The van der Waals surface area contributed by atoms with Crippen LogP contribution in [-0.4, -0.2) is 34.3 Å². The number of nitrogens with one attached hydrogen (secondary N) is 2. The Labute approximate surface area is 156 Å². The molecule has 0 aliphatic carbocycles. The molecule has 0 radical (unpaired) electrons. The van der Waals surface area contributed by atoms with Crippen LogP contribution < -0.4 is 10.6 Å². The van der Waals surface area contributed by atoms with Crippen molar-refractivity contribution in [3.63, 3.8) is 0 Å². The van der Waals surface area contributed by atoms with Crippen molar-refractivity contribution in [2.75, 3.05) is 13.6 Å². The van der Waals surface area contributed by atoms with Gasteiger partial charge in [0.1, 0.15) is 11.6 Å². The molecule has 6 nitrogen and oxygen atoms in total. The van der Waals surface area contributed by atoms with Crippen molar-refractivity contribution >= 4 is 5.96 Å². The largest absolute Gasteiger partial charge is 0.356 e. The monoisotopic (exact) mass is 354 g/mol. The molecule has 3 rings (SSSR count). The number of hydrogen-bond donors (Lipinski definition) is 2.